The van der Waals surface area contributed by atoms with Crippen molar-refractivity contribution >= 4 is 12.1 Å². The van der Waals surface area contributed by atoms with Gasteiger partial charge in [-0.05, 0) is 85.2 Å². The molecular formula is C36H66N2O6. The summed E-state index contributed by atoms with van der Waals surface area (Å²) in [6.45, 7) is 12.7. The Hall–Kier alpha value is -1.90. The van der Waals surface area contributed by atoms with Crippen LogP contribution >= 0.6 is 0 Å². The Bertz CT molecular complexity index is 758. The SMILES string of the molecule is CCCCC/C=C\C/C=C\CCCCCCCCOCC(CN1CCCCC1)OCCOC(=O)CCNC(=O)OC(C)(C)C. The van der Waals surface area contributed by atoms with Crippen molar-refractivity contribution in [2.75, 3.05) is 52.6 Å². The van der Waals surface area contributed by atoms with E-state index in [0.29, 0.717) is 13.2 Å². The van der Waals surface area contributed by atoms with Crippen LogP contribution in [0.2, 0.25) is 0 Å². The van der Waals surface area contributed by atoms with E-state index in [-0.39, 0.29) is 31.6 Å². The number of ether oxygens (including phenoxy) is 4. The number of nitrogens with one attached hydrogen (secondary N) is 1. The van der Waals surface area contributed by atoms with Crippen LogP contribution in [-0.2, 0) is 23.7 Å². The Morgan fingerprint density at radius 2 is 1.48 bits per heavy atom. The van der Waals surface area contributed by atoms with Gasteiger partial charge in [0.05, 0.1) is 25.7 Å². The number of amides is 1. The van der Waals surface area contributed by atoms with Gasteiger partial charge in [-0.3, -0.25) is 4.79 Å². The highest BCUT2D eigenvalue weighted by Crippen LogP contribution is 2.12. The van der Waals surface area contributed by atoms with Crippen LogP contribution in [0.1, 0.15) is 130 Å². The molecular weight excluding hydrogens is 556 g/mol. The molecule has 1 unspecified atom stereocenters. The number of esters is 1. The molecule has 0 aliphatic carbocycles. The first kappa shape index (κ1) is 40.1. The minimum atomic E-state index is -0.571. The number of hydrogen-bond acceptors (Lipinski definition) is 7. The standard InChI is InChI=1S/C36H66N2O6/c1-5-6-7-8-9-10-11-12-13-14-15-16-17-18-19-23-28-41-32-33(31-38-26-21-20-22-27-38)42-29-30-43-34(39)24-25-37-35(40)44-36(2,3)4/h9-10,12-13,33H,5-8,11,14-32H2,1-4H3,(H,37,40)/b10-9-,13-12-. The lowest BCUT2D eigenvalue weighted by molar-refractivity contribution is -0.146. The monoisotopic (exact) mass is 622 g/mol. The van der Waals surface area contributed by atoms with E-state index in [2.05, 4.69) is 41.4 Å². The lowest BCUT2D eigenvalue weighted by Crippen LogP contribution is -2.40. The van der Waals surface area contributed by atoms with Crippen LogP contribution in [0.15, 0.2) is 24.3 Å². The van der Waals surface area contributed by atoms with E-state index in [4.69, 9.17) is 18.9 Å². The molecule has 1 aliphatic heterocycles. The van der Waals surface area contributed by atoms with Gasteiger partial charge in [0, 0.05) is 19.7 Å². The lowest BCUT2D eigenvalue weighted by Gasteiger charge is -2.30. The number of hydrogen-bond donors (Lipinski definition) is 1. The smallest absolute Gasteiger partial charge is 0.407 e. The summed E-state index contributed by atoms with van der Waals surface area (Å²) < 4.78 is 22.6. The van der Waals surface area contributed by atoms with Gasteiger partial charge >= 0.3 is 12.1 Å². The van der Waals surface area contributed by atoms with Crippen molar-refractivity contribution in [3.63, 3.8) is 0 Å². The molecule has 1 rings (SSSR count). The fourth-order valence-electron chi connectivity index (χ4n) is 5.01. The molecule has 0 aromatic rings. The molecule has 8 heteroatoms. The molecule has 0 bridgehead atoms. The van der Waals surface area contributed by atoms with Gasteiger partial charge < -0.3 is 29.2 Å². The van der Waals surface area contributed by atoms with Crippen molar-refractivity contribution < 1.29 is 28.5 Å². The number of carbonyl (C=O) groups excluding carboxylic acids is 2. The first-order valence-corrected chi connectivity index (χ1v) is 17.6. The van der Waals surface area contributed by atoms with Crippen LogP contribution < -0.4 is 5.32 Å². The fraction of sp³-hybridized carbons (Fsp3) is 0.833. The fourth-order valence-corrected chi connectivity index (χ4v) is 5.01. The first-order chi connectivity index (χ1) is 21.3. The molecule has 256 valence electrons. The summed E-state index contributed by atoms with van der Waals surface area (Å²) in [6.07, 6.45) is 27.4. The summed E-state index contributed by atoms with van der Waals surface area (Å²) in [5.41, 5.74) is -0.571. The quantitative estimate of drug-likeness (QED) is 0.0592. The van der Waals surface area contributed by atoms with Gasteiger partial charge in [0.2, 0.25) is 0 Å². The van der Waals surface area contributed by atoms with Gasteiger partial charge in [-0.15, -0.1) is 0 Å². The van der Waals surface area contributed by atoms with E-state index in [0.717, 1.165) is 39.1 Å². The molecule has 1 saturated heterocycles. The predicted molar refractivity (Wildman–Crippen MR) is 180 cm³/mol. The van der Waals surface area contributed by atoms with E-state index in [1.807, 2.05) is 0 Å². The summed E-state index contributed by atoms with van der Waals surface area (Å²) >= 11 is 0. The van der Waals surface area contributed by atoms with Crippen molar-refractivity contribution in [2.24, 2.45) is 0 Å². The van der Waals surface area contributed by atoms with Crippen molar-refractivity contribution in [3.05, 3.63) is 24.3 Å². The van der Waals surface area contributed by atoms with Crippen LogP contribution in [0, 0.1) is 0 Å². The largest absolute Gasteiger partial charge is 0.463 e. The molecule has 1 atom stereocenters. The number of allylic oxidation sites excluding steroid dienone is 4. The van der Waals surface area contributed by atoms with Crippen molar-refractivity contribution in [3.8, 4) is 0 Å². The van der Waals surface area contributed by atoms with E-state index >= 15 is 0 Å². The van der Waals surface area contributed by atoms with Crippen LogP contribution in [0.25, 0.3) is 0 Å². The number of unbranched alkanes of at least 4 members (excludes halogenated alkanes) is 9. The van der Waals surface area contributed by atoms with Gasteiger partial charge in [-0.2, -0.15) is 0 Å². The molecule has 0 saturated carbocycles. The lowest BCUT2D eigenvalue weighted by atomic mass is 10.1. The highest BCUT2D eigenvalue weighted by molar-refractivity contribution is 5.71. The maximum Gasteiger partial charge on any atom is 0.407 e. The Balaban J connectivity index is 2.11. The van der Waals surface area contributed by atoms with E-state index in [1.165, 1.54) is 83.5 Å². The summed E-state index contributed by atoms with van der Waals surface area (Å²) in [7, 11) is 0. The Morgan fingerprint density at radius 3 is 2.16 bits per heavy atom. The number of piperidine rings is 1. The second kappa shape index (κ2) is 27.4. The van der Waals surface area contributed by atoms with Gasteiger partial charge in [-0.1, -0.05) is 76.2 Å². The summed E-state index contributed by atoms with van der Waals surface area (Å²) in [5, 5.41) is 2.57. The summed E-state index contributed by atoms with van der Waals surface area (Å²) in [6, 6.07) is 0. The topological polar surface area (TPSA) is 86.3 Å². The normalized spacial score (nSPS) is 15.2. The maximum absolute atomic E-state index is 12.0. The third-order valence-corrected chi connectivity index (χ3v) is 7.40. The van der Waals surface area contributed by atoms with Gasteiger partial charge in [0.15, 0.2) is 0 Å². The zero-order chi connectivity index (χ0) is 32.1. The average molecular weight is 623 g/mol. The second-order valence-electron chi connectivity index (χ2n) is 12.9. The zero-order valence-corrected chi connectivity index (χ0v) is 28.8. The van der Waals surface area contributed by atoms with E-state index in [9.17, 15) is 9.59 Å². The number of carbonyl (C=O) groups is 2. The molecule has 1 amide bonds. The number of likely N-dealkylation sites (tertiary alicyclic amines) is 1. The third-order valence-electron chi connectivity index (χ3n) is 7.40. The van der Waals surface area contributed by atoms with Crippen LogP contribution in [0.3, 0.4) is 0 Å². The van der Waals surface area contributed by atoms with Crippen LogP contribution in [0.4, 0.5) is 4.79 Å². The minimum absolute atomic E-state index is 0.0368. The van der Waals surface area contributed by atoms with Crippen molar-refractivity contribution in [1.82, 2.24) is 10.2 Å². The molecule has 8 nitrogen and oxygen atoms in total. The molecule has 1 heterocycles. The Morgan fingerprint density at radius 1 is 0.818 bits per heavy atom. The number of rotatable bonds is 26. The molecule has 44 heavy (non-hydrogen) atoms. The highest BCUT2D eigenvalue weighted by atomic mass is 16.6. The van der Waals surface area contributed by atoms with Crippen LogP contribution in [-0.4, -0.2) is 81.3 Å². The predicted octanol–water partition coefficient (Wildman–Crippen LogP) is 8.15. The van der Waals surface area contributed by atoms with Crippen LogP contribution in [0.5, 0.6) is 0 Å². The molecule has 1 fully saturated rings. The van der Waals surface area contributed by atoms with Gasteiger partial charge in [0.1, 0.15) is 12.2 Å². The van der Waals surface area contributed by atoms with E-state index in [1.54, 1.807) is 20.8 Å². The number of nitrogens with zero attached hydrogens (tertiary/aromatic N) is 1. The third kappa shape index (κ3) is 26.5. The number of alkyl carbamates (subject to hydrolysis) is 1. The molecule has 0 radical (unpaired) electrons. The van der Waals surface area contributed by atoms with Crippen molar-refractivity contribution in [1.29, 1.82) is 0 Å². The first-order valence-electron chi connectivity index (χ1n) is 17.6. The Kier molecular flexibility index (Phi) is 25.0. The second-order valence-corrected chi connectivity index (χ2v) is 12.9. The minimum Gasteiger partial charge on any atom is -0.463 e. The highest BCUT2D eigenvalue weighted by Gasteiger charge is 2.18. The maximum atomic E-state index is 12.0. The Labute approximate surface area is 269 Å². The molecule has 1 N–H and O–H groups in total. The van der Waals surface area contributed by atoms with Gasteiger partial charge in [-0.25, -0.2) is 4.79 Å². The van der Waals surface area contributed by atoms with Crippen molar-refractivity contribution in [2.45, 2.75) is 142 Å². The molecule has 0 aromatic carbocycles. The van der Waals surface area contributed by atoms with E-state index < -0.39 is 11.7 Å². The zero-order valence-electron chi connectivity index (χ0n) is 28.8. The molecule has 0 spiro atoms. The molecule has 1 aliphatic rings. The summed E-state index contributed by atoms with van der Waals surface area (Å²) in [4.78, 5) is 26.2. The average Bonchev–Trinajstić information content (AvgIpc) is 2.98. The van der Waals surface area contributed by atoms with Gasteiger partial charge in [0.25, 0.3) is 0 Å². The summed E-state index contributed by atoms with van der Waals surface area (Å²) in [5.74, 6) is -0.370. The molecule has 0 aromatic heterocycles.